The fourth-order valence-electron chi connectivity index (χ4n) is 4.62. The summed E-state index contributed by atoms with van der Waals surface area (Å²) in [6.07, 6.45) is 2.36. The molecule has 5 rings (SSSR count). The zero-order valence-corrected chi connectivity index (χ0v) is 18.6. The van der Waals surface area contributed by atoms with Gasteiger partial charge in [-0.25, -0.2) is 9.69 Å². The Kier molecular flexibility index (Phi) is 5.91. The number of benzene rings is 2. The molecule has 0 bridgehead atoms. The Morgan fingerprint density at radius 3 is 2.41 bits per heavy atom. The largest absolute Gasteiger partial charge is 0.490 e. The van der Waals surface area contributed by atoms with Gasteiger partial charge in [0, 0.05) is 13.0 Å². The molecule has 2 fully saturated rings. The van der Waals surface area contributed by atoms with Crippen LogP contribution in [0.4, 0.5) is 4.79 Å². The van der Waals surface area contributed by atoms with Gasteiger partial charge in [0.15, 0.2) is 11.5 Å². The molecule has 9 nitrogen and oxygen atoms in total. The highest BCUT2D eigenvalue weighted by Gasteiger charge is 2.46. The third-order valence-corrected chi connectivity index (χ3v) is 6.34. The van der Waals surface area contributed by atoms with E-state index in [2.05, 4.69) is 0 Å². The predicted molar refractivity (Wildman–Crippen MR) is 120 cm³/mol. The van der Waals surface area contributed by atoms with E-state index in [0.717, 1.165) is 40.2 Å². The van der Waals surface area contributed by atoms with Crippen LogP contribution in [-0.2, 0) is 20.9 Å². The summed E-state index contributed by atoms with van der Waals surface area (Å²) in [6, 6.07) is 13.6. The molecule has 0 aliphatic carbocycles. The summed E-state index contributed by atoms with van der Waals surface area (Å²) in [6.45, 7) is 1.19. The van der Waals surface area contributed by atoms with Crippen molar-refractivity contribution >= 4 is 23.8 Å². The smallest absolute Gasteiger partial charge is 0.335 e. The molecule has 2 aromatic carbocycles. The van der Waals surface area contributed by atoms with Crippen molar-refractivity contribution in [2.24, 2.45) is 0 Å². The molecule has 0 aromatic heterocycles. The molecule has 3 heterocycles. The van der Waals surface area contributed by atoms with Crippen molar-refractivity contribution < 1.29 is 28.7 Å². The van der Waals surface area contributed by atoms with Gasteiger partial charge in [-0.05, 0) is 36.1 Å². The van der Waals surface area contributed by atoms with Gasteiger partial charge in [0.05, 0.1) is 25.8 Å². The van der Waals surface area contributed by atoms with E-state index in [9.17, 15) is 19.2 Å². The van der Waals surface area contributed by atoms with Crippen LogP contribution in [0.25, 0.3) is 0 Å². The Morgan fingerprint density at radius 1 is 0.882 bits per heavy atom. The van der Waals surface area contributed by atoms with Gasteiger partial charge in [-0.2, -0.15) is 0 Å². The van der Waals surface area contributed by atoms with E-state index in [4.69, 9.17) is 9.47 Å². The van der Waals surface area contributed by atoms with Gasteiger partial charge in [-0.15, -0.1) is 0 Å². The molecule has 3 aliphatic heterocycles. The Balaban J connectivity index is 1.30. The van der Waals surface area contributed by atoms with E-state index >= 15 is 0 Å². The molecule has 3 aliphatic rings. The molecule has 2 saturated heterocycles. The van der Waals surface area contributed by atoms with Crippen LogP contribution in [0.5, 0.6) is 11.5 Å². The maximum Gasteiger partial charge on any atom is 0.335 e. The second-order valence-electron chi connectivity index (χ2n) is 8.55. The molecule has 0 spiro atoms. The lowest BCUT2D eigenvalue weighted by Gasteiger charge is -2.27. The number of rotatable bonds is 5. The third-order valence-electron chi connectivity index (χ3n) is 6.34. The van der Waals surface area contributed by atoms with Crippen LogP contribution >= 0.6 is 0 Å². The van der Waals surface area contributed by atoms with Crippen molar-refractivity contribution in [3.05, 3.63) is 59.7 Å². The maximum atomic E-state index is 13.2. The first kappa shape index (κ1) is 21.9. The van der Waals surface area contributed by atoms with Crippen molar-refractivity contribution in [3.8, 4) is 11.5 Å². The zero-order valence-electron chi connectivity index (χ0n) is 18.6. The van der Waals surface area contributed by atoms with E-state index in [0.29, 0.717) is 31.3 Å². The number of imide groups is 2. The third kappa shape index (κ3) is 4.09. The molecule has 5 amide bonds. The van der Waals surface area contributed by atoms with Crippen LogP contribution in [0.2, 0.25) is 0 Å². The second-order valence-corrected chi connectivity index (χ2v) is 8.55. The number of hydrogen-bond donors (Lipinski definition) is 0. The van der Waals surface area contributed by atoms with Crippen LogP contribution in [0.1, 0.15) is 36.4 Å². The van der Waals surface area contributed by atoms with Crippen LogP contribution in [0.3, 0.4) is 0 Å². The highest BCUT2D eigenvalue weighted by molar-refractivity contribution is 6.44. The molecule has 0 saturated carbocycles. The minimum atomic E-state index is -0.972. The first-order valence-corrected chi connectivity index (χ1v) is 11.4. The minimum Gasteiger partial charge on any atom is -0.490 e. The van der Waals surface area contributed by atoms with Crippen molar-refractivity contribution in [1.82, 2.24) is 14.7 Å². The van der Waals surface area contributed by atoms with Crippen molar-refractivity contribution in [1.29, 1.82) is 0 Å². The predicted octanol–water partition coefficient (Wildman–Crippen LogP) is 2.50. The van der Waals surface area contributed by atoms with Gasteiger partial charge < -0.3 is 14.4 Å². The van der Waals surface area contributed by atoms with Gasteiger partial charge in [0.25, 0.3) is 0 Å². The molecule has 176 valence electrons. The van der Waals surface area contributed by atoms with Gasteiger partial charge in [0.1, 0.15) is 6.54 Å². The number of carbonyl (C=O) groups is 4. The van der Waals surface area contributed by atoms with E-state index in [-0.39, 0.29) is 18.5 Å². The lowest BCUT2D eigenvalue weighted by molar-refractivity contribution is -0.145. The SMILES string of the molecule is O=C1C(=O)N(Cc2ccccc2)C(=O)N1CC(=O)N1CCC[C@@H]1c1ccc2c(c1)OCCCO2. The lowest BCUT2D eigenvalue weighted by atomic mass is 10.0. The van der Waals surface area contributed by atoms with E-state index in [1.807, 2.05) is 24.3 Å². The molecule has 0 unspecified atom stereocenters. The molecular formula is C25H25N3O6. The zero-order chi connectivity index (χ0) is 23.7. The Bertz CT molecular complexity index is 1130. The topological polar surface area (TPSA) is 96.5 Å². The lowest BCUT2D eigenvalue weighted by Crippen LogP contribution is -2.43. The number of urea groups is 1. The Hall–Kier alpha value is -3.88. The fourth-order valence-corrected chi connectivity index (χ4v) is 4.62. The van der Waals surface area contributed by atoms with Crippen LogP contribution in [0, 0.1) is 0 Å². The monoisotopic (exact) mass is 463 g/mol. The average molecular weight is 463 g/mol. The average Bonchev–Trinajstić information content (AvgIpc) is 3.32. The van der Waals surface area contributed by atoms with Crippen molar-refractivity contribution in [3.63, 3.8) is 0 Å². The summed E-state index contributed by atoms with van der Waals surface area (Å²) in [5.74, 6) is -0.919. The standard InChI is InChI=1S/C25H25N3O6/c29-22(16-28-24(31)23(30)27(25(28)32)15-17-6-2-1-3-7-17)26-11-4-8-19(26)18-9-10-20-21(14-18)34-13-5-12-33-20/h1-3,6-7,9-10,14,19H,4-5,8,11-13,15-16H2/t19-/m1/s1. The number of hydrogen-bond acceptors (Lipinski definition) is 6. The van der Waals surface area contributed by atoms with Gasteiger partial charge >= 0.3 is 17.8 Å². The quantitative estimate of drug-likeness (QED) is 0.499. The summed E-state index contributed by atoms with van der Waals surface area (Å²) in [5.41, 5.74) is 1.63. The van der Waals surface area contributed by atoms with Crippen LogP contribution in [-0.4, -0.2) is 64.8 Å². The molecule has 2 aromatic rings. The number of amides is 5. The highest BCUT2D eigenvalue weighted by Crippen LogP contribution is 2.38. The Morgan fingerprint density at radius 2 is 1.62 bits per heavy atom. The van der Waals surface area contributed by atoms with Crippen molar-refractivity contribution in [2.45, 2.75) is 31.8 Å². The number of carbonyl (C=O) groups excluding carboxylic acids is 4. The van der Waals surface area contributed by atoms with Crippen LogP contribution < -0.4 is 9.47 Å². The molecular weight excluding hydrogens is 438 g/mol. The Labute approximate surface area is 196 Å². The summed E-state index contributed by atoms with van der Waals surface area (Å²) in [4.78, 5) is 54.3. The first-order valence-electron chi connectivity index (χ1n) is 11.4. The van der Waals surface area contributed by atoms with E-state index < -0.39 is 24.4 Å². The van der Waals surface area contributed by atoms with E-state index in [1.165, 1.54) is 0 Å². The first-order chi connectivity index (χ1) is 16.5. The van der Waals surface area contributed by atoms with Gasteiger partial charge in [-0.1, -0.05) is 36.4 Å². The maximum absolute atomic E-state index is 13.2. The minimum absolute atomic E-state index is 0.0154. The number of fused-ring (bicyclic) bond motifs is 1. The van der Waals surface area contributed by atoms with Crippen molar-refractivity contribution in [2.75, 3.05) is 26.3 Å². The van der Waals surface area contributed by atoms with Crippen LogP contribution in [0.15, 0.2) is 48.5 Å². The molecule has 1 atom stereocenters. The number of nitrogens with zero attached hydrogens (tertiary/aromatic N) is 3. The summed E-state index contributed by atoms with van der Waals surface area (Å²) < 4.78 is 11.5. The summed E-state index contributed by atoms with van der Waals surface area (Å²) in [5, 5.41) is 0. The normalized spacial score (nSPS) is 20.2. The fraction of sp³-hybridized carbons (Fsp3) is 0.360. The number of ether oxygens (including phenoxy) is 2. The number of likely N-dealkylation sites (tertiary alicyclic amines) is 1. The second kappa shape index (κ2) is 9.17. The molecule has 9 heteroatoms. The van der Waals surface area contributed by atoms with E-state index in [1.54, 1.807) is 29.2 Å². The van der Waals surface area contributed by atoms with Gasteiger partial charge in [0.2, 0.25) is 5.91 Å². The summed E-state index contributed by atoms with van der Waals surface area (Å²) in [7, 11) is 0. The molecule has 0 radical (unpaired) electrons. The summed E-state index contributed by atoms with van der Waals surface area (Å²) >= 11 is 0. The molecule has 34 heavy (non-hydrogen) atoms. The van der Waals surface area contributed by atoms with Gasteiger partial charge in [-0.3, -0.25) is 19.3 Å². The molecule has 0 N–H and O–H groups in total. The highest BCUT2D eigenvalue weighted by atomic mass is 16.5.